The van der Waals surface area contributed by atoms with Crippen molar-refractivity contribution >= 4 is 0 Å². The van der Waals surface area contributed by atoms with Crippen molar-refractivity contribution < 1.29 is 5.11 Å². The van der Waals surface area contributed by atoms with Crippen LogP contribution in [0.4, 0.5) is 0 Å². The Hall–Kier alpha value is -1.77. The van der Waals surface area contributed by atoms with Crippen LogP contribution in [0, 0.1) is 0 Å². The lowest BCUT2D eigenvalue weighted by atomic mass is 10.0. The van der Waals surface area contributed by atoms with Crippen LogP contribution in [0.1, 0.15) is 31.5 Å². The number of phenols is 1. The molecule has 0 radical (unpaired) electrons. The number of nitrogens with zero attached hydrogens (tertiary/aromatic N) is 2. The minimum atomic E-state index is 0.293. The molecule has 0 aliphatic carbocycles. The summed E-state index contributed by atoms with van der Waals surface area (Å²) in [6.07, 6.45) is 4.54. The number of aromatic nitrogens is 2. The minimum absolute atomic E-state index is 0.293. The molecule has 1 N–H and O–H groups in total. The van der Waals surface area contributed by atoms with Crippen molar-refractivity contribution in [3.8, 4) is 17.0 Å². The Balaban J connectivity index is 2.05. The molecular weight excluding hydrogens is 212 g/mol. The zero-order valence-electron chi connectivity index (χ0n) is 9.93. The molecule has 0 spiro atoms. The summed E-state index contributed by atoms with van der Waals surface area (Å²) < 4.78 is 2.24. The van der Waals surface area contributed by atoms with Crippen LogP contribution in [-0.4, -0.2) is 14.7 Å². The molecular formula is C14H16N2O. The van der Waals surface area contributed by atoms with E-state index >= 15 is 0 Å². The van der Waals surface area contributed by atoms with Crippen LogP contribution in [0.15, 0.2) is 30.5 Å². The first-order chi connectivity index (χ1) is 8.24. The predicted octanol–water partition coefficient (Wildman–Crippen LogP) is 3.15. The Morgan fingerprint density at radius 2 is 2.29 bits per heavy atom. The number of aromatic hydroxyl groups is 1. The van der Waals surface area contributed by atoms with Crippen molar-refractivity contribution in [2.24, 2.45) is 0 Å². The molecule has 1 aliphatic rings. The Morgan fingerprint density at radius 1 is 1.41 bits per heavy atom. The molecule has 88 valence electrons. The molecule has 17 heavy (non-hydrogen) atoms. The van der Waals surface area contributed by atoms with E-state index in [2.05, 4.69) is 17.7 Å². The van der Waals surface area contributed by atoms with Crippen molar-refractivity contribution in [3.05, 3.63) is 36.3 Å². The highest BCUT2D eigenvalue weighted by Crippen LogP contribution is 2.30. The molecule has 1 aromatic heterocycles. The number of benzene rings is 1. The predicted molar refractivity (Wildman–Crippen MR) is 67.0 cm³/mol. The lowest BCUT2D eigenvalue weighted by Crippen LogP contribution is -2.12. The van der Waals surface area contributed by atoms with Crippen molar-refractivity contribution in [2.75, 3.05) is 0 Å². The highest BCUT2D eigenvalue weighted by atomic mass is 16.3. The molecule has 3 heteroatoms. The maximum atomic E-state index is 9.49. The molecule has 1 aliphatic heterocycles. The fourth-order valence-corrected chi connectivity index (χ4v) is 2.50. The number of phenolic OH excluding ortho intramolecular Hbond substituents is 1. The summed E-state index contributed by atoms with van der Waals surface area (Å²) in [4.78, 5) is 4.70. The van der Waals surface area contributed by atoms with Crippen molar-refractivity contribution in [2.45, 2.75) is 32.2 Å². The zero-order valence-corrected chi connectivity index (χ0v) is 9.93. The number of rotatable bonds is 1. The first kappa shape index (κ1) is 10.4. The van der Waals surface area contributed by atoms with Gasteiger partial charge in [0.1, 0.15) is 11.6 Å². The second-order valence-electron chi connectivity index (χ2n) is 4.77. The molecule has 0 saturated carbocycles. The van der Waals surface area contributed by atoms with E-state index in [1.54, 1.807) is 12.1 Å². The van der Waals surface area contributed by atoms with Gasteiger partial charge in [-0.3, -0.25) is 0 Å². The van der Waals surface area contributed by atoms with Gasteiger partial charge in [-0.05, 0) is 25.0 Å². The largest absolute Gasteiger partial charge is 0.508 e. The molecule has 0 saturated heterocycles. The molecule has 3 nitrogen and oxygen atoms in total. The smallest absolute Gasteiger partial charge is 0.116 e. The highest BCUT2D eigenvalue weighted by molar-refractivity contribution is 5.60. The van der Waals surface area contributed by atoms with Crippen LogP contribution >= 0.6 is 0 Å². The summed E-state index contributed by atoms with van der Waals surface area (Å²) in [7, 11) is 0. The Bertz CT molecular complexity index is 545. The Labute approximate surface area is 101 Å². The number of aryl methyl sites for hydroxylation is 1. The quantitative estimate of drug-likeness (QED) is 0.814. The van der Waals surface area contributed by atoms with Gasteiger partial charge in [0.2, 0.25) is 0 Å². The summed E-state index contributed by atoms with van der Waals surface area (Å²) in [5.74, 6) is 2.01. The van der Waals surface area contributed by atoms with Crippen LogP contribution in [0.2, 0.25) is 0 Å². The lowest BCUT2D eigenvalue weighted by Gasteiger charge is -2.19. The summed E-state index contributed by atoms with van der Waals surface area (Å²) >= 11 is 0. The van der Waals surface area contributed by atoms with Gasteiger partial charge in [0, 0.05) is 24.2 Å². The van der Waals surface area contributed by atoms with Crippen LogP contribution < -0.4 is 0 Å². The third-order valence-corrected chi connectivity index (χ3v) is 3.43. The van der Waals surface area contributed by atoms with Crippen LogP contribution in [0.5, 0.6) is 5.75 Å². The van der Waals surface area contributed by atoms with E-state index in [0.717, 1.165) is 17.8 Å². The average Bonchev–Trinajstić information content (AvgIpc) is 2.74. The second kappa shape index (κ2) is 3.91. The van der Waals surface area contributed by atoms with E-state index in [-0.39, 0.29) is 0 Å². The molecule has 2 heterocycles. The van der Waals surface area contributed by atoms with Crippen LogP contribution in [0.25, 0.3) is 11.3 Å². The third kappa shape index (κ3) is 1.82. The van der Waals surface area contributed by atoms with Gasteiger partial charge in [-0.2, -0.15) is 0 Å². The first-order valence-electron chi connectivity index (χ1n) is 6.10. The molecule has 3 rings (SSSR count). The lowest BCUT2D eigenvalue weighted by molar-refractivity contribution is 0.463. The highest BCUT2D eigenvalue weighted by Gasteiger charge is 2.19. The van der Waals surface area contributed by atoms with Gasteiger partial charge >= 0.3 is 0 Å². The number of hydrogen-bond acceptors (Lipinski definition) is 2. The summed E-state index contributed by atoms with van der Waals surface area (Å²) in [6, 6.07) is 7.28. The standard InChI is InChI=1S/C14H16N2O/c1-10-4-3-7-16-9-13(15-14(10)16)11-5-2-6-12(17)8-11/h2,5-6,8-10,17H,3-4,7H2,1H3. The topological polar surface area (TPSA) is 38.0 Å². The summed E-state index contributed by atoms with van der Waals surface area (Å²) in [5.41, 5.74) is 1.95. The number of fused-ring (bicyclic) bond motifs is 1. The maximum Gasteiger partial charge on any atom is 0.116 e. The zero-order chi connectivity index (χ0) is 11.8. The van der Waals surface area contributed by atoms with Crippen molar-refractivity contribution in [3.63, 3.8) is 0 Å². The molecule has 0 bridgehead atoms. The Kier molecular flexibility index (Phi) is 2.39. The fourth-order valence-electron chi connectivity index (χ4n) is 2.50. The normalized spacial score (nSPS) is 19.0. The molecule has 1 atom stereocenters. The van der Waals surface area contributed by atoms with E-state index in [1.807, 2.05) is 12.1 Å². The molecule has 1 aromatic carbocycles. The van der Waals surface area contributed by atoms with E-state index < -0.39 is 0 Å². The third-order valence-electron chi connectivity index (χ3n) is 3.43. The van der Waals surface area contributed by atoms with Gasteiger partial charge in [0.15, 0.2) is 0 Å². The molecule has 0 fully saturated rings. The molecule has 1 unspecified atom stereocenters. The first-order valence-corrected chi connectivity index (χ1v) is 6.10. The monoisotopic (exact) mass is 228 g/mol. The average molecular weight is 228 g/mol. The Morgan fingerprint density at radius 3 is 3.06 bits per heavy atom. The fraction of sp³-hybridized carbons (Fsp3) is 0.357. The van der Waals surface area contributed by atoms with Crippen LogP contribution in [-0.2, 0) is 6.54 Å². The van der Waals surface area contributed by atoms with Gasteiger partial charge in [0.25, 0.3) is 0 Å². The SMILES string of the molecule is CC1CCCn2cc(-c3cccc(O)c3)nc21. The van der Waals surface area contributed by atoms with Gasteiger partial charge in [-0.15, -0.1) is 0 Å². The second-order valence-corrected chi connectivity index (χ2v) is 4.77. The van der Waals surface area contributed by atoms with E-state index in [0.29, 0.717) is 11.7 Å². The van der Waals surface area contributed by atoms with Gasteiger partial charge in [-0.25, -0.2) is 4.98 Å². The number of hydrogen-bond donors (Lipinski definition) is 1. The summed E-state index contributed by atoms with van der Waals surface area (Å²) in [5, 5.41) is 9.49. The molecule has 2 aromatic rings. The molecule has 0 amide bonds. The van der Waals surface area contributed by atoms with E-state index in [9.17, 15) is 5.11 Å². The van der Waals surface area contributed by atoms with Gasteiger partial charge < -0.3 is 9.67 Å². The van der Waals surface area contributed by atoms with E-state index in [1.165, 1.54) is 18.7 Å². The van der Waals surface area contributed by atoms with Crippen molar-refractivity contribution in [1.29, 1.82) is 0 Å². The van der Waals surface area contributed by atoms with Crippen molar-refractivity contribution in [1.82, 2.24) is 9.55 Å². The van der Waals surface area contributed by atoms with Gasteiger partial charge in [-0.1, -0.05) is 19.1 Å². The minimum Gasteiger partial charge on any atom is -0.508 e. The van der Waals surface area contributed by atoms with Gasteiger partial charge in [0.05, 0.1) is 5.69 Å². The number of imidazole rings is 1. The van der Waals surface area contributed by atoms with E-state index in [4.69, 9.17) is 4.98 Å². The van der Waals surface area contributed by atoms with Crippen LogP contribution in [0.3, 0.4) is 0 Å². The maximum absolute atomic E-state index is 9.49. The summed E-state index contributed by atoms with van der Waals surface area (Å²) in [6.45, 7) is 3.29.